The van der Waals surface area contributed by atoms with Gasteiger partial charge in [-0.3, -0.25) is 0 Å². The number of hydrogen-bond donors (Lipinski definition) is 0. The van der Waals surface area contributed by atoms with E-state index in [2.05, 4.69) is 0 Å². The summed E-state index contributed by atoms with van der Waals surface area (Å²) in [5.41, 5.74) is 0. The number of benzene rings is 4. The first-order chi connectivity index (χ1) is 16.0. The quantitative estimate of drug-likeness (QED) is 0.258. The van der Waals surface area contributed by atoms with Crippen LogP contribution >= 0.6 is 7.06 Å². The number of carbonyl (C=O) groups excluding carboxylic acids is 2. The van der Waals surface area contributed by atoms with Gasteiger partial charge in [-0.25, -0.2) is 0 Å². The molecule has 33 heavy (non-hydrogen) atoms. The number of rotatable bonds is 3. The fourth-order valence-corrected chi connectivity index (χ4v) is 10.3. The summed E-state index contributed by atoms with van der Waals surface area (Å²) >= 11 is 0. The number of fused-ring (bicyclic) bond motifs is 2. The van der Waals surface area contributed by atoms with E-state index in [0.29, 0.717) is 11.5 Å². The molecule has 0 bridgehead atoms. The minimum atomic E-state index is -4.46. The Balaban J connectivity index is 1.85. The molecule has 0 aliphatic carbocycles. The molecule has 4 aromatic carbocycles. The van der Waals surface area contributed by atoms with Crippen LogP contribution in [0.1, 0.15) is 0 Å². The first kappa shape index (κ1) is 19.8. The zero-order valence-electron chi connectivity index (χ0n) is 17.9. The van der Waals surface area contributed by atoms with E-state index in [1.165, 1.54) is 14.2 Å². The Hall–Kier alpha value is -3.89. The Morgan fingerprint density at radius 1 is 0.727 bits per heavy atom. The van der Waals surface area contributed by atoms with Crippen molar-refractivity contribution in [1.29, 1.82) is 0 Å². The van der Waals surface area contributed by atoms with Gasteiger partial charge < -0.3 is 0 Å². The Kier molecular flexibility index (Phi) is 3.93. The van der Waals surface area contributed by atoms with Crippen molar-refractivity contribution in [3.63, 3.8) is 0 Å². The molecule has 4 aromatic rings. The van der Waals surface area contributed by atoms with Crippen LogP contribution < -0.4 is 19.7 Å². The fourth-order valence-electron chi connectivity index (χ4n) is 5.10. The second-order valence-corrected chi connectivity index (χ2v) is 11.7. The van der Waals surface area contributed by atoms with Crippen LogP contribution in [-0.4, -0.2) is 26.2 Å². The number of hydrogen-bond acceptors (Lipinski definition) is 6. The monoisotopic (exact) mass is 458 g/mol. The summed E-state index contributed by atoms with van der Waals surface area (Å²) in [6.45, 7) is 0. The third kappa shape index (κ3) is 2.26. The van der Waals surface area contributed by atoms with Gasteiger partial charge in [0.1, 0.15) is 0 Å². The van der Waals surface area contributed by atoms with Gasteiger partial charge in [-0.1, -0.05) is 0 Å². The number of methoxy groups -OCH3 is 2. The van der Waals surface area contributed by atoms with Gasteiger partial charge in [0.25, 0.3) is 0 Å². The van der Waals surface area contributed by atoms with Crippen molar-refractivity contribution in [3.8, 4) is 11.5 Å². The van der Waals surface area contributed by atoms with E-state index in [0.717, 1.165) is 38.2 Å². The van der Waals surface area contributed by atoms with Crippen LogP contribution in [0, 0.1) is 0 Å². The first-order valence-electron chi connectivity index (χ1n) is 10.4. The molecule has 164 valence electrons. The van der Waals surface area contributed by atoms with E-state index in [1.54, 1.807) is 0 Å². The van der Waals surface area contributed by atoms with Gasteiger partial charge in [0, 0.05) is 0 Å². The van der Waals surface area contributed by atoms with Crippen LogP contribution in [0.3, 0.4) is 0 Å². The molecular formula is C26H19O6P. The molecule has 0 saturated carbocycles. The molecular weight excluding hydrogens is 439 g/mol. The molecule has 7 heteroatoms. The van der Waals surface area contributed by atoms with Crippen LogP contribution in [0.15, 0.2) is 84.2 Å². The van der Waals surface area contributed by atoms with Crippen molar-refractivity contribution in [2.75, 3.05) is 14.2 Å². The first-order valence-corrected chi connectivity index (χ1v) is 12.5. The summed E-state index contributed by atoms with van der Waals surface area (Å²) in [6, 6.07) is 23.1. The van der Waals surface area contributed by atoms with E-state index >= 15 is 0 Å². The van der Waals surface area contributed by atoms with Crippen molar-refractivity contribution in [2.24, 2.45) is 0 Å². The third-order valence-corrected chi connectivity index (χ3v) is 11.2. The van der Waals surface area contributed by atoms with Crippen molar-refractivity contribution < 1.29 is 28.1 Å². The molecule has 6 rings (SSSR count). The van der Waals surface area contributed by atoms with Crippen LogP contribution in [-0.2, 0) is 19.1 Å². The predicted octanol–water partition coefficient (Wildman–Crippen LogP) is 4.34. The Bertz CT molecular complexity index is 1450. The summed E-state index contributed by atoms with van der Waals surface area (Å²) < 4.78 is 23.9. The van der Waals surface area contributed by atoms with Gasteiger partial charge in [0.2, 0.25) is 0 Å². The van der Waals surface area contributed by atoms with Crippen LogP contribution in [0.25, 0.3) is 21.5 Å². The van der Waals surface area contributed by atoms with Crippen molar-refractivity contribution in [1.82, 2.24) is 0 Å². The van der Waals surface area contributed by atoms with Crippen LogP contribution in [0.2, 0.25) is 0 Å². The summed E-state index contributed by atoms with van der Waals surface area (Å²) in [6.07, 6.45) is 1.15. The summed E-state index contributed by atoms with van der Waals surface area (Å²) in [4.78, 5) is 26.0. The number of ether oxygens (including phenoxy) is 2. The van der Waals surface area contributed by atoms with E-state index < -0.39 is 19.0 Å². The number of esters is 2. The average molecular weight is 458 g/mol. The molecule has 0 fully saturated rings. The molecule has 0 aromatic heterocycles. The molecule has 0 saturated heterocycles. The average Bonchev–Trinajstić information content (AvgIpc) is 3.31. The molecule has 0 radical (unpaired) electrons. The molecule has 2 heterocycles. The molecule has 6 nitrogen and oxygen atoms in total. The Morgan fingerprint density at radius 3 is 1.67 bits per heavy atom. The van der Waals surface area contributed by atoms with Crippen molar-refractivity contribution in [3.05, 3.63) is 84.2 Å². The van der Waals surface area contributed by atoms with Gasteiger partial charge in [-0.05, 0) is 0 Å². The molecule has 2 aliphatic rings. The minimum absolute atomic E-state index is 0.00255. The molecule has 0 N–H and O–H groups in total. The Labute approximate surface area is 189 Å². The zero-order valence-corrected chi connectivity index (χ0v) is 18.8. The van der Waals surface area contributed by atoms with E-state index in [9.17, 15) is 9.59 Å². The van der Waals surface area contributed by atoms with Gasteiger partial charge in [-0.15, -0.1) is 0 Å². The van der Waals surface area contributed by atoms with E-state index in [4.69, 9.17) is 18.5 Å². The molecule has 0 unspecified atom stereocenters. The van der Waals surface area contributed by atoms with Crippen molar-refractivity contribution >= 4 is 51.1 Å². The summed E-state index contributed by atoms with van der Waals surface area (Å²) in [7, 11) is -1.93. The Morgan fingerprint density at radius 2 is 1.21 bits per heavy atom. The summed E-state index contributed by atoms with van der Waals surface area (Å²) in [5.74, 6) is -0.240. The predicted molar refractivity (Wildman–Crippen MR) is 127 cm³/mol. The molecule has 0 atom stereocenters. The topological polar surface area (TPSA) is 71.1 Å². The SMILES string of the molecule is COC(=O)/C=C(\C(=O)OC)P12(Oc3cccc4cccc1c34)Oc1cccc3cccc2c13. The maximum atomic E-state index is 13.4. The molecule has 0 amide bonds. The second kappa shape index (κ2) is 6.56. The fraction of sp³-hybridized carbons (Fsp3) is 0.0769. The van der Waals surface area contributed by atoms with Gasteiger partial charge in [0.15, 0.2) is 0 Å². The third-order valence-electron chi connectivity index (χ3n) is 6.40. The standard InChI is InChI=1S/C26H19O6P/c1-29-23(27)15-22(26(28)30-2)33(20-13-5-9-16-7-3-11-18(31-33)24(16)20)21-14-6-10-17-8-4-12-19(32-33)25(17)21/h3-15H,1-2H3/b22-15+. The molecule has 2 aliphatic heterocycles. The van der Waals surface area contributed by atoms with Gasteiger partial charge >= 0.3 is 189 Å². The van der Waals surface area contributed by atoms with E-state index in [-0.39, 0.29) is 5.31 Å². The van der Waals surface area contributed by atoms with Crippen molar-refractivity contribution in [2.45, 2.75) is 0 Å². The summed E-state index contributed by atoms with van der Waals surface area (Å²) in [5, 5.41) is 5.03. The van der Waals surface area contributed by atoms with Crippen LogP contribution in [0.5, 0.6) is 11.5 Å². The van der Waals surface area contributed by atoms with Crippen LogP contribution in [0.4, 0.5) is 0 Å². The molecule has 1 spiro atoms. The number of carbonyl (C=O) groups is 2. The van der Waals surface area contributed by atoms with Gasteiger partial charge in [0.05, 0.1) is 0 Å². The maximum absolute atomic E-state index is 13.4. The van der Waals surface area contributed by atoms with E-state index in [1.807, 2.05) is 72.8 Å². The zero-order chi connectivity index (χ0) is 22.8. The normalized spacial score (nSPS) is 17.8. The van der Waals surface area contributed by atoms with Gasteiger partial charge in [-0.2, -0.15) is 0 Å². The second-order valence-electron chi connectivity index (χ2n) is 7.95.